The molecule has 21 heavy (non-hydrogen) atoms. The third-order valence-corrected chi connectivity index (χ3v) is 3.30. The molecular weight excluding hydrogens is 260 g/mol. The van der Waals surface area contributed by atoms with Gasteiger partial charge in [-0.15, -0.1) is 0 Å². The Balaban J connectivity index is 2.17. The monoisotopic (exact) mass is 280 g/mol. The quantitative estimate of drug-likeness (QED) is 0.869. The van der Waals surface area contributed by atoms with Crippen LogP contribution in [0.15, 0.2) is 42.5 Å². The van der Waals surface area contributed by atoms with Gasteiger partial charge in [0.1, 0.15) is 17.6 Å². The maximum atomic E-state index is 9.28. The Bertz CT molecular complexity index is 627. The van der Waals surface area contributed by atoms with Crippen LogP contribution in [-0.2, 0) is 13.0 Å². The van der Waals surface area contributed by atoms with E-state index in [9.17, 15) is 5.26 Å². The number of rotatable bonds is 6. The number of hydrogen-bond acceptors (Lipinski definition) is 3. The molecule has 0 heterocycles. The molecule has 0 aromatic heterocycles. The van der Waals surface area contributed by atoms with E-state index in [4.69, 9.17) is 4.74 Å². The molecule has 0 fully saturated rings. The minimum atomic E-state index is 0.560. The van der Waals surface area contributed by atoms with Crippen molar-refractivity contribution in [1.29, 1.82) is 5.26 Å². The van der Waals surface area contributed by atoms with E-state index in [1.807, 2.05) is 42.5 Å². The zero-order valence-corrected chi connectivity index (χ0v) is 12.5. The number of nitrogens with zero attached hydrogens (tertiary/aromatic N) is 1. The van der Waals surface area contributed by atoms with Crippen molar-refractivity contribution in [2.24, 2.45) is 0 Å². The molecule has 2 rings (SSSR count). The van der Waals surface area contributed by atoms with Gasteiger partial charge in [0.2, 0.25) is 0 Å². The Morgan fingerprint density at radius 2 is 1.76 bits per heavy atom. The van der Waals surface area contributed by atoms with Gasteiger partial charge in [0.15, 0.2) is 0 Å². The number of nitrogens with one attached hydrogen (secondary N) is 1. The van der Waals surface area contributed by atoms with Crippen LogP contribution >= 0.6 is 0 Å². The van der Waals surface area contributed by atoms with Crippen LogP contribution < -0.4 is 10.1 Å². The Kier molecular flexibility index (Phi) is 5.36. The second-order valence-electron chi connectivity index (χ2n) is 4.82. The summed E-state index contributed by atoms with van der Waals surface area (Å²) in [7, 11) is 0. The zero-order chi connectivity index (χ0) is 15.1. The van der Waals surface area contributed by atoms with E-state index in [0.717, 1.165) is 30.8 Å². The Morgan fingerprint density at radius 1 is 1.05 bits per heavy atom. The molecule has 0 bridgehead atoms. The number of aryl methyl sites for hydroxylation is 1. The average molecular weight is 280 g/mol. The maximum absolute atomic E-state index is 9.28. The summed E-state index contributed by atoms with van der Waals surface area (Å²) in [5.41, 5.74) is 2.91. The Labute approximate surface area is 126 Å². The number of hydrogen-bond donors (Lipinski definition) is 1. The van der Waals surface area contributed by atoms with Gasteiger partial charge in [-0.2, -0.15) is 5.26 Å². The van der Waals surface area contributed by atoms with Gasteiger partial charge in [0.05, 0.1) is 5.56 Å². The first-order valence-electron chi connectivity index (χ1n) is 7.27. The average Bonchev–Trinajstić information content (AvgIpc) is 2.54. The third-order valence-electron chi connectivity index (χ3n) is 3.30. The molecular formula is C18H20N2O. The van der Waals surface area contributed by atoms with Crippen LogP contribution in [0.4, 0.5) is 0 Å². The second kappa shape index (κ2) is 7.47. The standard InChI is InChI=1S/C18H20N2O/c1-3-14-5-8-17(9-6-14)21-18-10-7-15(13-20-4-2)11-16(18)12-19/h5-11,20H,3-4,13H2,1-2H3. The predicted molar refractivity (Wildman–Crippen MR) is 84.4 cm³/mol. The van der Waals surface area contributed by atoms with Gasteiger partial charge in [-0.1, -0.05) is 32.0 Å². The number of benzene rings is 2. The molecule has 1 N–H and O–H groups in total. The lowest BCUT2D eigenvalue weighted by Crippen LogP contribution is -2.11. The van der Waals surface area contributed by atoms with Crippen molar-refractivity contribution in [3.8, 4) is 17.6 Å². The molecule has 3 nitrogen and oxygen atoms in total. The van der Waals surface area contributed by atoms with Crippen LogP contribution in [0.1, 0.15) is 30.5 Å². The summed E-state index contributed by atoms with van der Waals surface area (Å²) in [6, 6.07) is 15.9. The molecule has 2 aromatic carbocycles. The molecule has 0 aliphatic carbocycles. The summed E-state index contributed by atoms with van der Waals surface area (Å²) in [5.74, 6) is 1.35. The van der Waals surface area contributed by atoms with Crippen LogP contribution in [0.3, 0.4) is 0 Å². The van der Waals surface area contributed by atoms with E-state index in [1.54, 1.807) is 0 Å². The van der Waals surface area contributed by atoms with Crippen molar-refractivity contribution in [3.05, 3.63) is 59.2 Å². The van der Waals surface area contributed by atoms with E-state index in [2.05, 4.69) is 25.2 Å². The van der Waals surface area contributed by atoms with Gasteiger partial charge in [-0.25, -0.2) is 0 Å². The van der Waals surface area contributed by atoms with E-state index in [1.165, 1.54) is 5.56 Å². The van der Waals surface area contributed by atoms with Crippen LogP contribution in [0.5, 0.6) is 11.5 Å². The largest absolute Gasteiger partial charge is 0.456 e. The van der Waals surface area contributed by atoms with Gasteiger partial charge in [0.25, 0.3) is 0 Å². The van der Waals surface area contributed by atoms with Gasteiger partial charge in [-0.3, -0.25) is 0 Å². The molecule has 2 aromatic rings. The van der Waals surface area contributed by atoms with Crippen molar-refractivity contribution in [3.63, 3.8) is 0 Å². The van der Waals surface area contributed by atoms with Gasteiger partial charge >= 0.3 is 0 Å². The van der Waals surface area contributed by atoms with Crippen LogP contribution in [0.2, 0.25) is 0 Å². The summed E-state index contributed by atoms with van der Waals surface area (Å²) < 4.78 is 5.82. The van der Waals surface area contributed by atoms with Crippen molar-refractivity contribution >= 4 is 0 Å². The first kappa shape index (κ1) is 15.1. The highest BCUT2D eigenvalue weighted by Gasteiger charge is 2.06. The third kappa shape index (κ3) is 4.08. The minimum absolute atomic E-state index is 0.560. The highest BCUT2D eigenvalue weighted by atomic mass is 16.5. The summed E-state index contributed by atoms with van der Waals surface area (Å²) in [6.07, 6.45) is 1.00. The molecule has 0 spiro atoms. The van der Waals surface area contributed by atoms with Crippen molar-refractivity contribution < 1.29 is 4.74 Å². The van der Waals surface area contributed by atoms with Crippen LogP contribution in [0.25, 0.3) is 0 Å². The van der Waals surface area contributed by atoms with Crippen molar-refractivity contribution in [2.45, 2.75) is 26.8 Å². The highest BCUT2D eigenvalue weighted by Crippen LogP contribution is 2.26. The van der Waals surface area contributed by atoms with E-state index in [0.29, 0.717) is 11.3 Å². The van der Waals surface area contributed by atoms with E-state index < -0.39 is 0 Å². The normalized spacial score (nSPS) is 10.1. The van der Waals surface area contributed by atoms with Crippen molar-refractivity contribution in [1.82, 2.24) is 5.32 Å². The molecule has 0 aliphatic heterocycles. The fourth-order valence-electron chi connectivity index (χ4n) is 2.05. The van der Waals surface area contributed by atoms with Crippen LogP contribution in [-0.4, -0.2) is 6.54 Å². The molecule has 0 amide bonds. The minimum Gasteiger partial charge on any atom is -0.456 e. The molecule has 0 unspecified atom stereocenters. The highest BCUT2D eigenvalue weighted by molar-refractivity contribution is 5.47. The zero-order valence-electron chi connectivity index (χ0n) is 12.5. The van der Waals surface area contributed by atoms with Gasteiger partial charge in [-0.05, 0) is 48.4 Å². The smallest absolute Gasteiger partial charge is 0.145 e. The van der Waals surface area contributed by atoms with Crippen molar-refractivity contribution in [2.75, 3.05) is 6.54 Å². The molecule has 108 valence electrons. The fraction of sp³-hybridized carbons (Fsp3) is 0.278. The molecule has 3 heteroatoms. The SMILES string of the molecule is CCNCc1ccc(Oc2ccc(CC)cc2)c(C#N)c1. The Morgan fingerprint density at radius 3 is 2.38 bits per heavy atom. The first-order chi connectivity index (χ1) is 10.3. The lowest BCUT2D eigenvalue weighted by molar-refractivity contribution is 0.480. The molecule has 0 saturated carbocycles. The summed E-state index contributed by atoms with van der Waals surface area (Å²) in [5, 5.41) is 12.5. The number of ether oxygens (including phenoxy) is 1. The topological polar surface area (TPSA) is 45.0 Å². The molecule has 0 saturated heterocycles. The summed E-state index contributed by atoms with van der Waals surface area (Å²) >= 11 is 0. The maximum Gasteiger partial charge on any atom is 0.145 e. The van der Waals surface area contributed by atoms with Crippen LogP contribution in [0, 0.1) is 11.3 Å². The van der Waals surface area contributed by atoms with E-state index >= 15 is 0 Å². The van der Waals surface area contributed by atoms with Gasteiger partial charge < -0.3 is 10.1 Å². The lowest BCUT2D eigenvalue weighted by atomic mass is 10.1. The lowest BCUT2D eigenvalue weighted by Gasteiger charge is -2.10. The molecule has 0 radical (unpaired) electrons. The second-order valence-corrected chi connectivity index (χ2v) is 4.82. The first-order valence-corrected chi connectivity index (χ1v) is 7.27. The summed E-state index contributed by atoms with van der Waals surface area (Å²) in [4.78, 5) is 0. The number of nitriles is 1. The predicted octanol–water partition coefficient (Wildman–Crippen LogP) is 4.02. The van der Waals surface area contributed by atoms with E-state index in [-0.39, 0.29) is 0 Å². The fourth-order valence-corrected chi connectivity index (χ4v) is 2.05. The summed E-state index contributed by atoms with van der Waals surface area (Å²) in [6.45, 7) is 5.84. The molecule has 0 aliphatic rings. The van der Waals surface area contributed by atoms with Gasteiger partial charge in [0, 0.05) is 6.54 Å². The molecule has 0 atom stereocenters. The Hall–Kier alpha value is -2.31.